The fourth-order valence-corrected chi connectivity index (χ4v) is 2.06. The van der Waals surface area contributed by atoms with Crippen molar-refractivity contribution in [1.82, 2.24) is 25.2 Å². The summed E-state index contributed by atoms with van der Waals surface area (Å²) in [6, 6.07) is 0. The van der Waals surface area contributed by atoms with Crippen LogP contribution in [0.15, 0.2) is 6.20 Å². The van der Waals surface area contributed by atoms with Crippen LogP contribution in [0.25, 0.3) is 11.0 Å². The number of hydrogen-bond acceptors (Lipinski definition) is 7. The normalized spacial score (nSPS) is 16.4. The lowest BCUT2D eigenvalue weighted by Gasteiger charge is -2.27. The van der Waals surface area contributed by atoms with Crippen LogP contribution in [-0.4, -0.2) is 58.0 Å². The molecule has 0 amide bonds. The summed E-state index contributed by atoms with van der Waals surface area (Å²) in [5, 5.41) is 13.1. The number of nitrogens with one attached hydrogen (secondary N) is 3. The number of aromatic nitrogens is 4. The molecule has 0 aliphatic carbocycles. The predicted molar refractivity (Wildman–Crippen MR) is 76.5 cm³/mol. The maximum Gasteiger partial charge on any atom is 0.226 e. The van der Waals surface area contributed by atoms with Crippen molar-refractivity contribution in [3.8, 4) is 0 Å². The highest BCUT2D eigenvalue weighted by molar-refractivity contribution is 5.86. The van der Waals surface area contributed by atoms with Gasteiger partial charge in [0.15, 0.2) is 11.5 Å². The maximum atomic E-state index is 5.34. The van der Waals surface area contributed by atoms with Gasteiger partial charge in [0.05, 0.1) is 24.8 Å². The van der Waals surface area contributed by atoms with E-state index in [4.69, 9.17) is 4.74 Å². The standard InChI is InChI=1S/C12H19N7O/c1-2-3-13-12-15-10-9(8-14-17-10)11(16-12)18-19-4-6-20-7-5-19/h8H,2-7H2,1H3,(H3,13,14,15,16,17,18). The number of hydrazine groups is 1. The van der Waals surface area contributed by atoms with Crippen molar-refractivity contribution < 1.29 is 4.74 Å². The summed E-state index contributed by atoms with van der Waals surface area (Å²) in [6.07, 6.45) is 2.76. The first-order valence-electron chi connectivity index (χ1n) is 6.91. The molecule has 0 radical (unpaired) electrons. The van der Waals surface area contributed by atoms with Crippen molar-refractivity contribution in [2.24, 2.45) is 0 Å². The van der Waals surface area contributed by atoms with E-state index < -0.39 is 0 Å². The van der Waals surface area contributed by atoms with E-state index in [1.54, 1.807) is 6.20 Å². The molecule has 2 aromatic rings. The van der Waals surface area contributed by atoms with Crippen molar-refractivity contribution in [1.29, 1.82) is 0 Å². The number of hydrogen-bond donors (Lipinski definition) is 3. The van der Waals surface area contributed by atoms with Gasteiger partial charge in [-0.25, -0.2) is 5.01 Å². The van der Waals surface area contributed by atoms with Gasteiger partial charge in [-0.05, 0) is 6.42 Å². The van der Waals surface area contributed by atoms with Crippen molar-refractivity contribution in [2.45, 2.75) is 13.3 Å². The highest BCUT2D eigenvalue weighted by atomic mass is 16.5. The molecule has 1 saturated heterocycles. The molecule has 0 unspecified atom stereocenters. The molecule has 0 aromatic carbocycles. The molecule has 3 rings (SSSR count). The fourth-order valence-electron chi connectivity index (χ4n) is 2.06. The zero-order chi connectivity index (χ0) is 13.8. The minimum atomic E-state index is 0.611. The van der Waals surface area contributed by atoms with Gasteiger partial charge in [0.25, 0.3) is 0 Å². The summed E-state index contributed by atoms with van der Waals surface area (Å²) < 4.78 is 5.34. The van der Waals surface area contributed by atoms with Crippen molar-refractivity contribution in [3.05, 3.63) is 6.20 Å². The topological polar surface area (TPSA) is 91.0 Å². The van der Waals surface area contributed by atoms with E-state index in [1.807, 2.05) is 0 Å². The third-order valence-electron chi connectivity index (χ3n) is 3.12. The number of nitrogens with zero attached hydrogens (tertiary/aromatic N) is 4. The summed E-state index contributed by atoms with van der Waals surface area (Å²) in [5.41, 5.74) is 4.06. The van der Waals surface area contributed by atoms with Gasteiger partial charge in [0.1, 0.15) is 0 Å². The van der Waals surface area contributed by atoms with E-state index in [9.17, 15) is 0 Å². The van der Waals surface area contributed by atoms with Crippen molar-refractivity contribution in [2.75, 3.05) is 43.6 Å². The third-order valence-corrected chi connectivity index (χ3v) is 3.12. The smallest absolute Gasteiger partial charge is 0.226 e. The predicted octanol–water partition coefficient (Wildman–Crippen LogP) is 0.834. The number of anilines is 2. The molecule has 1 aliphatic rings. The summed E-state index contributed by atoms with van der Waals surface area (Å²) in [5.74, 6) is 1.38. The van der Waals surface area contributed by atoms with Crippen LogP contribution in [0.3, 0.4) is 0 Å². The van der Waals surface area contributed by atoms with Gasteiger partial charge in [0, 0.05) is 19.6 Å². The van der Waals surface area contributed by atoms with Gasteiger partial charge in [-0.1, -0.05) is 6.92 Å². The summed E-state index contributed by atoms with van der Waals surface area (Å²) in [4.78, 5) is 8.93. The molecule has 20 heavy (non-hydrogen) atoms. The highest BCUT2D eigenvalue weighted by Gasteiger charge is 2.14. The van der Waals surface area contributed by atoms with Crippen LogP contribution >= 0.6 is 0 Å². The lowest BCUT2D eigenvalue weighted by Crippen LogP contribution is -2.40. The minimum Gasteiger partial charge on any atom is -0.379 e. The summed E-state index contributed by atoms with van der Waals surface area (Å²) in [6.45, 7) is 6.08. The van der Waals surface area contributed by atoms with Gasteiger partial charge in [-0.15, -0.1) is 0 Å². The number of aromatic amines is 1. The van der Waals surface area contributed by atoms with Gasteiger partial charge in [-0.2, -0.15) is 15.1 Å². The Kier molecular flexibility index (Phi) is 3.93. The number of H-pyrrole nitrogens is 1. The third kappa shape index (κ3) is 2.81. The molecule has 0 spiro atoms. The maximum absolute atomic E-state index is 5.34. The first kappa shape index (κ1) is 13.1. The van der Waals surface area contributed by atoms with Crippen LogP contribution in [0.2, 0.25) is 0 Å². The van der Waals surface area contributed by atoms with E-state index in [-0.39, 0.29) is 0 Å². The number of fused-ring (bicyclic) bond motifs is 1. The van der Waals surface area contributed by atoms with E-state index in [0.717, 1.165) is 56.1 Å². The lowest BCUT2D eigenvalue weighted by atomic mass is 10.4. The van der Waals surface area contributed by atoms with E-state index in [1.165, 1.54) is 0 Å². The first-order chi connectivity index (χ1) is 9.86. The Hall–Kier alpha value is -1.93. The monoisotopic (exact) mass is 277 g/mol. The zero-order valence-electron chi connectivity index (χ0n) is 11.5. The van der Waals surface area contributed by atoms with Gasteiger partial charge in [0.2, 0.25) is 5.95 Å². The zero-order valence-corrected chi connectivity index (χ0v) is 11.5. The molecule has 0 saturated carbocycles. The average Bonchev–Trinajstić information content (AvgIpc) is 2.95. The molecule has 1 fully saturated rings. The van der Waals surface area contributed by atoms with Crippen LogP contribution in [-0.2, 0) is 4.74 Å². The second kappa shape index (κ2) is 6.02. The average molecular weight is 277 g/mol. The lowest BCUT2D eigenvalue weighted by molar-refractivity contribution is 0.0495. The van der Waals surface area contributed by atoms with Crippen LogP contribution in [0, 0.1) is 0 Å². The largest absolute Gasteiger partial charge is 0.379 e. The van der Waals surface area contributed by atoms with Gasteiger partial charge in [-0.3, -0.25) is 5.10 Å². The Bertz CT molecular complexity index is 564. The molecule has 108 valence electrons. The molecule has 1 aliphatic heterocycles. The van der Waals surface area contributed by atoms with Crippen LogP contribution < -0.4 is 10.7 Å². The Morgan fingerprint density at radius 1 is 1.35 bits per heavy atom. The minimum absolute atomic E-state index is 0.611. The second-order valence-electron chi connectivity index (χ2n) is 4.67. The fraction of sp³-hybridized carbons (Fsp3) is 0.583. The molecular weight excluding hydrogens is 258 g/mol. The Morgan fingerprint density at radius 2 is 2.20 bits per heavy atom. The number of morpholine rings is 1. The first-order valence-corrected chi connectivity index (χ1v) is 6.91. The van der Waals surface area contributed by atoms with Crippen LogP contribution in [0.1, 0.15) is 13.3 Å². The van der Waals surface area contributed by atoms with Crippen molar-refractivity contribution >= 4 is 22.8 Å². The molecule has 3 heterocycles. The Labute approximate surface area is 116 Å². The molecule has 2 aromatic heterocycles. The molecule has 8 nitrogen and oxygen atoms in total. The highest BCUT2D eigenvalue weighted by Crippen LogP contribution is 2.20. The summed E-state index contributed by atoms with van der Waals surface area (Å²) >= 11 is 0. The van der Waals surface area contributed by atoms with Crippen molar-refractivity contribution in [3.63, 3.8) is 0 Å². The van der Waals surface area contributed by atoms with E-state index in [2.05, 4.69) is 42.8 Å². The van der Waals surface area contributed by atoms with E-state index in [0.29, 0.717) is 5.95 Å². The molecule has 0 bridgehead atoms. The number of rotatable bonds is 5. The van der Waals surface area contributed by atoms with Gasteiger partial charge < -0.3 is 15.5 Å². The number of ether oxygens (including phenoxy) is 1. The van der Waals surface area contributed by atoms with E-state index >= 15 is 0 Å². The summed E-state index contributed by atoms with van der Waals surface area (Å²) in [7, 11) is 0. The Morgan fingerprint density at radius 3 is 3.00 bits per heavy atom. The quantitative estimate of drug-likeness (QED) is 0.745. The van der Waals surface area contributed by atoms with Crippen LogP contribution in [0.5, 0.6) is 0 Å². The van der Waals surface area contributed by atoms with Gasteiger partial charge >= 0.3 is 0 Å². The SMILES string of the molecule is CCCNc1nc(NN2CCOCC2)c2cn[nH]c2n1. The second-order valence-corrected chi connectivity index (χ2v) is 4.67. The molecule has 3 N–H and O–H groups in total. The molecular formula is C12H19N7O. The Balaban J connectivity index is 1.84. The molecule has 8 heteroatoms. The van der Waals surface area contributed by atoms with Crippen LogP contribution in [0.4, 0.5) is 11.8 Å². The molecule has 0 atom stereocenters.